The van der Waals surface area contributed by atoms with E-state index in [0.29, 0.717) is 19.1 Å². The summed E-state index contributed by atoms with van der Waals surface area (Å²) >= 11 is 0. The maximum Gasteiger partial charge on any atom is 0.119 e. The quantitative estimate of drug-likeness (QED) is 0.839. The smallest absolute Gasteiger partial charge is 0.119 e. The van der Waals surface area contributed by atoms with Gasteiger partial charge in [-0.25, -0.2) is 0 Å². The first kappa shape index (κ1) is 15.3. The molecule has 112 valence electrons. The third-order valence-electron chi connectivity index (χ3n) is 4.09. The van der Waals surface area contributed by atoms with Gasteiger partial charge in [0, 0.05) is 13.1 Å². The molecule has 20 heavy (non-hydrogen) atoms. The van der Waals surface area contributed by atoms with Crippen LogP contribution in [0.4, 0.5) is 0 Å². The molecular weight excluding hydrogens is 250 g/mol. The standard InChI is InChI=1S/C17H27NO2/c1-3-20-16-8-6-15(7-9-16)12-18-13-17(19)10-4-5-14(2)11-17/h6-9,14,18-19H,3-5,10-13H2,1-2H3. The van der Waals surface area contributed by atoms with Crippen molar-refractivity contribution in [3.05, 3.63) is 29.8 Å². The number of benzene rings is 1. The summed E-state index contributed by atoms with van der Waals surface area (Å²) in [6, 6.07) is 8.15. The van der Waals surface area contributed by atoms with Gasteiger partial charge in [0.15, 0.2) is 0 Å². The van der Waals surface area contributed by atoms with Gasteiger partial charge in [-0.05, 0) is 43.4 Å². The molecule has 2 atom stereocenters. The molecule has 1 aromatic carbocycles. The van der Waals surface area contributed by atoms with Crippen molar-refractivity contribution in [2.45, 2.75) is 51.7 Å². The summed E-state index contributed by atoms with van der Waals surface area (Å²) in [5, 5.41) is 13.9. The summed E-state index contributed by atoms with van der Waals surface area (Å²) in [7, 11) is 0. The zero-order valence-electron chi connectivity index (χ0n) is 12.7. The highest BCUT2D eigenvalue weighted by Crippen LogP contribution is 2.31. The lowest BCUT2D eigenvalue weighted by Crippen LogP contribution is -2.43. The van der Waals surface area contributed by atoms with Crippen LogP contribution in [0.15, 0.2) is 24.3 Å². The molecular formula is C17H27NO2. The zero-order chi connectivity index (χ0) is 14.4. The van der Waals surface area contributed by atoms with Crippen LogP contribution in [0.25, 0.3) is 0 Å². The predicted octanol–water partition coefficient (Wildman–Crippen LogP) is 3.12. The molecule has 1 aromatic rings. The molecule has 3 heteroatoms. The highest BCUT2D eigenvalue weighted by atomic mass is 16.5. The number of aliphatic hydroxyl groups is 1. The summed E-state index contributed by atoms with van der Waals surface area (Å²) in [6.45, 7) is 6.40. The maximum absolute atomic E-state index is 10.6. The van der Waals surface area contributed by atoms with Crippen LogP contribution in [0.5, 0.6) is 5.75 Å². The molecule has 0 saturated heterocycles. The number of rotatable bonds is 6. The van der Waals surface area contributed by atoms with Crippen LogP contribution in [0.3, 0.4) is 0 Å². The Kier molecular flexibility index (Phi) is 5.44. The molecule has 1 aliphatic rings. The fraction of sp³-hybridized carbons (Fsp3) is 0.647. The molecule has 1 saturated carbocycles. The van der Waals surface area contributed by atoms with Gasteiger partial charge in [0.05, 0.1) is 12.2 Å². The lowest BCUT2D eigenvalue weighted by molar-refractivity contribution is -0.0119. The third-order valence-corrected chi connectivity index (χ3v) is 4.09. The van der Waals surface area contributed by atoms with Gasteiger partial charge in [0.1, 0.15) is 5.75 Å². The average molecular weight is 277 g/mol. The molecule has 0 bridgehead atoms. The summed E-state index contributed by atoms with van der Waals surface area (Å²) in [5.41, 5.74) is 0.712. The SMILES string of the molecule is CCOc1ccc(CNCC2(O)CCCC(C)C2)cc1. The van der Waals surface area contributed by atoms with Crippen molar-refractivity contribution >= 4 is 0 Å². The van der Waals surface area contributed by atoms with Gasteiger partial charge in [-0.2, -0.15) is 0 Å². The molecule has 0 radical (unpaired) electrons. The molecule has 1 aliphatic carbocycles. The van der Waals surface area contributed by atoms with E-state index < -0.39 is 5.60 Å². The molecule has 0 heterocycles. The molecule has 1 fully saturated rings. The molecule has 0 aliphatic heterocycles. The second kappa shape index (κ2) is 7.09. The molecule has 0 aromatic heterocycles. The van der Waals surface area contributed by atoms with Crippen LogP contribution in [0.1, 0.15) is 45.1 Å². The molecule has 3 nitrogen and oxygen atoms in total. The van der Waals surface area contributed by atoms with Gasteiger partial charge in [-0.15, -0.1) is 0 Å². The van der Waals surface area contributed by atoms with Crippen LogP contribution in [-0.4, -0.2) is 23.9 Å². The van der Waals surface area contributed by atoms with E-state index in [0.717, 1.165) is 31.6 Å². The van der Waals surface area contributed by atoms with E-state index in [1.165, 1.54) is 12.0 Å². The zero-order valence-corrected chi connectivity index (χ0v) is 12.7. The highest BCUT2D eigenvalue weighted by Gasteiger charge is 2.31. The lowest BCUT2D eigenvalue weighted by Gasteiger charge is -2.35. The van der Waals surface area contributed by atoms with Crippen molar-refractivity contribution in [3.8, 4) is 5.75 Å². The number of hydrogen-bond donors (Lipinski definition) is 2. The van der Waals surface area contributed by atoms with Crippen LogP contribution < -0.4 is 10.1 Å². The number of hydrogen-bond acceptors (Lipinski definition) is 3. The van der Waals surface area contributed by atoms with Crippen LogP contribution in [-0.2, 0) is 6.54 Å². The molecule has 0 spiro atoms. The largest absolute Gasteiger partial charge is 0.494 e. The van der Waals surface area contributed by atoms with E-state index in [-0.39, 0.29) is 0 Å². The van der Waals surface area contributed by atoms with Crippen molar-refractivity contribution in [2.75, 3.05) is 13.2 Å². The van der Waals surface area contributed by atoms with E-state index >= 15 is 0 Å². The van der Waals surface area contributed by atoms with E-state index in [1.807, 2.05) is 19.1 Å². The van der Waals surface area contributed by atoms with Crippen molar-refractivity contribution in [3.63, 3.8) is 0 Å². The monoisotopic (exact) mass is 277 g/mol. The second-order valence-electron chi connectivity index (χ2n) is 6.11. The van der Waals surface area contributed by atoms with Crippen molar-refractivity contribution in [1.82, 2.24) is 5.32 Å². The van der Waals surface area contributed by atoms with E-state index in [1.54, 1.807) is 0 Å². The van der Waals surface area contributed by atoms with Gasteiger partial charge in [0.2, 0.25) is 0 Å². The highest BCUT2D eigenvalue weighted by molar-refractivity contribution is 5.27. The van der Waals surface area contributed by atoms with Crippen LogP contribution in [0, 0.1) is 5.92 Å². The van der Waals surface area contributed by atoms with Gasteiger partial charge in [-0.3, -0.25) is 0 Å². The molecule has 2 rings (SSSR count). The first-order valence-corrected chi connectivity index (χ1v) is 7.76. The predicted molar refractivity (Wildman–Crippen MR) is 81.9 cm³/mol. The summed E-state index contributed by atoms with van der Waals surface area (Å²) in [5.74, 6) is 1.55. The first-order valence-electron chi connectivity index (χ1n) is 7.76. The average Bonchev–Trinajstić information content (AvgIpc) is 2.40. The minimum absolute atomic E-state index is 0.511. The second-order valence-corrected chi connectivity index (χ2v) is 6.11. The fourth-order valence-corrected chi connectivity index (χ4v) is 3.10. The van der Waals surface area contributed by atoms with Crippen molar-refractivity contribution < 1.29 is 9.84 Å². The van der Waals surface area contributed by atoms with E-state index in [9.17, 15) is 5.11 Å². The lowest BCUT2D eigenvalue weighted by atomic mass is 9.79. The summed E-state index contributed by atoms with van der Waals surface area (Å²) < 4.78 is 5.43. The molecule has 2 unspecified atom stereocenters. The van der Waals surface area contributed by atoms with E-state index in [4.69, 9.17) is 4.74 Å². The summed E-state index contributed by atoms with van der Waals surface area (Å²) in [6.07, 6.45) is 4.24. The number of nitrogens with one attached hydrogen (secondary N) is 1. The van der Waals surface area contributed by atoms with Crippen LogP contribution >= 0.6 is 0 Å². The van der Waals surface area contributed by atoms with Crippen molar-refractivity contribution in [2.24, 2.45) is 5.92 Å². The fourth-order valence-electron chi connectivity index (χ4n) is 3.10. The van der Waals surface area contributed by atoms with Gasteiger partial charge < -0.3 is 15.2 Å². The Morgan fingerprint density at radius 2 is 2.10 bits per heavy atom. The Bertz CT molecular complexity index is 404. The Hall–Kier alpha value is -1.06. The minimum atomic E-state index is -0.511. The van der Waals surface area contributed by atoms with Crippen molar-refractivity contribution in [1.29, 1.82) is 0 Å². The number of ether oxygens (including phenoxy) is 1. The topological polar surface area (TPSA) is 41.5 Å². The summed E-state index contributed by atoms with van der Waals surface area (Å²) in [4.78, 5) is 0. The Labute approximate surface area is 122 Å². The normalized spacial score (nSPS) is 26.4. The molecule has 0 amide bonds. The van der Waals surface area contributed by atoms with Gasteiger partial charge >= 0.3 is 0 Å². The van der Waals surface area contributed by atoms with Crippen LogP contribution in [0.2, 0.25) is 0 Å². The first-order chi connectivity index (χ1) is 9.61. The Morgan fingerprint density at radius 1 is 1.35 bits per heavy atom. The molecule has 2 N–H and O–H groups in total. The van der Waals surface area contributed by atoms with Gasteiger partial charge in [0.25, 0.3) is 0 Å². The van der Waals surface area contributed by atoms with Gasteiger partial charge in [-0.1, -0.05) is 31.9 Å². The Morgan fingerprint density at radius 3 is 2.75 bits per heavy atom. The maximum atomic E-state index is 10.6. The Balaban J connectivity index is 1.77. The van der Waals surface area contributed by atoms with E-state index in [2.05, 4.69) is 24.4 Å². The third kappa shape index (κ3) is 4.50. The minimum Gasteiger partial charge on any atom is -0.494 e.